The first-order chi connectivity index (χ1) is 8.98. The Bertz CT molecular complexity index is 399. The zero-order chi connectivity index (χ0) is 14.3. The summed E-state index contributed by atoms with van der Waals surface area (Å²) in [6.45, 7) is 4.67. The van der Waals surface area contributed by atoms with Crippen LogP contribution in [0.2, 0.25) is 0 Å². The third-order valence-corrected chi connectivity index (χ3v) is 3.32. The Balaban J connectivity index is 2.52. The average molecular weight is 264 g/mol. The van der Waals surface area contributed by atoms with Gasteiger partial charge in [-0.05, 0) is 50.8 Å². The van der Waals surface area contributed by atoms with Gasteiger partial charge in [0.1, 0.15) is 0 Å². The fourth-order valence-electron chi connectivity index (χ4n) is 1.87. The number of aliphatic hydroxyl groups excluding tert-OH is 1. The summed E-state index contributed by atoms with van der Waals surface area (Å²) in [7, 11) is 0. The Morgan fingerprint density at radius 3 is 2.42 bits per heavy atom. The van der Waals surface area contributed by atoms with E-state index >= 15 is 0 Å². The van der Waals surface area contributed by atoms with Crippen molar-refractivity contribution in [3.05, 3.63) is 29.8 Å². The smallest absolute Gasteiger partial charge is 0.230 e. The van der Waals surface area contributed by atoms with Gasteiger partial charge in [-0.15, -0.1) is 0 Å². The zero-order valence-electron chi connectivity index (χ0n) is 11.8. The van der Waals surface area contributed by atoms with E-state index < -0.39 is 5.41 Å². The van der Waals surface area contributed by atoms with Crippen molar-refractivity contribution in [1.29, 1.82) is 0 Å². The van der Waals surface area contributed by atoms with Gasteiger partial charge in [0.05, 0.1) is 5.41 Å². The van der Waals surface area contributed by atoms with Crippen molar-refractivity contribution in [2.24, 2.45) is 0 Å². The third-order valence-electron chi connectivity index (χ3n) is 3.32. The van der Waals surface area contributed by atoms with Crippen LogP contribution in [0, 0.1) is 0 Å². The number of carbonyl (C=O) groups excluding carboxylic acids is 1. The highest BCUT2D eigenvalue weighted by Crippen LogP contribution is 2.24. The van der Waals surface area contributed by atoms with Gasteiger partial charge in [-0.25, -0.2) is 0 Å². The maximum atomic E-state index is 12.2. The van der Waals surface area contributed by atoms with E-state index in [0.717, 1.165) is 24.8 Å². The van der Waals surface area contributed by atoms with E-state index in [4.69, 9.17) is 10.8 Å². The molecular formula is C15H24N2O2. The first-order valence-corrected chi connectivity index (χ1v) is 6.73. The standard InChI is InChI=1S/C15H24N2O2/c1-15(2,12-6-8-13(16)9-7-12)14(19)17-10-4-3-5-11-18/h6-9,18H,3-5,10-11,16H2,1-2H3,(H,17,19). The number of hydrogen-bond donors (Lipinski definition) is 3. The molecule has 1 aromatic rings. The van der Waals surface area contributed by atoms with E-state index in [1.165, 1.54) is 0 Å². The number of benzene rings is 1. The number of hydrogen-bond acceptors (Lipinski definition) is 3. The molecule has 1 rings (SSSR count). The summed E-state index contributed by atoms with van der Waals surface area (Å²) in [5.41, 5.74) is 6.74. The molecule has 0 bridgehead atoms. The summed E-state index contributed by atoms with van der Waals surface area (Å²) < 4.78 is 0. The Morgan fingerprint density at radius 2 is 1.84 bits per heavy atom. The van der Waals surface area contributed by atoms with Crippen LogP contribution < -0.4 is 11.1 Å². The summed E-state index contributed by atoms with van der Waals surface area (Å²) in [4.78, 5) is 12.2. The van der Waals surface area contributed by atoms with Crippen molar-refractivity contribution in [3.8, 4) is 0 Å². The van der Waals surface area contributed by atoms with Gasteiger partial charge in [-0.1, -0.05) is 12.1 Å². The Morgan fingerprint density at radius 1 is 1.21 bits per heavy atom. The average Bonchev–Trinajstić information content (AvgIpc) is 2.38. The zero-order valence-corrected chi connectivity index (χ0v) is 11.8. The molecule has 0 radical (unpaired) electrons. The van der Waals surface area contributed by atoms with Gasteiger partial charge in [-0.3, -0.25) is 4.79 Å². The molecule has 0 unspecified atom stereocenters. The molecule has 4 heteroatoms. The second-order valence-corrected chi connectivity index (χ2v) is 5.29. The van der Waals surface area contributed by atoms with Gasteiger partial charge >= 0.3 is 0 Å². The Labute approximate surface area is 115 Å². The molecule has 0 spiro atoms. The second-order valence-electron chi connectivity index (χ2n) is 5.29. The third kappa shape index (κ3) is 4.56. The Hall–Kier alpha value is -1.55. The SMILES string of the molecule is CC(C)(C(=O)NCCCCCO)c1ccc(N)cc1. The van der Waals surface area contributed by atoms with Crippen LogP contribution in [0.1, 0.15) is 38.7 Å². The molecule has 4 N–H and O–H groups in total. The summed E-state index contributed by atoms with van der Waals surface area (Å²) in [5, 5.41) is 11.6. The van der Waals surface area contributed by atoms with Crippen LogP contribution in [-0.2, 0) is 10.2 Å². The number of nitrogens with two attached hydrogens (primary N) is 1. The minimum Gasteiger partial charge on any atom is -0.399 e. The number of nitrogens with one attached hydrogen (secondary N) is 1. The number of anilines is 1. The van der Waals surface area contributed by atoms with Crippen LogP contribution in [0.25, 0.3) is 0 Å². The minimum absolute atomic E-state index is 0.0151. The molecule has 0 aliphatic rings. The van der Waals surface area contributed by atoms with Crippen molar-refractivity contribution in [3.63, 3.8) is 0 Å². The summed E-state index contributed by atoms with van der Waals surface area (Å²) in [6, 6.07) is 7.40. The maximum Gasteiger partial charge on any atom is 0.230 e. The van der Waals surface area contributed by atoms with Crippen LogP contribution in [0.3, 0.4) is 0 Å². The normalized spacial score (nSPS) is 11.3. The molecule has 0 aliphatic heterocycles. The van der Waals surface area contributed by atoms with E-state index in [9.17, 15) is 4.79 Å². The molecule has 0 aliphatic carbocycles. The highest BCUT2D eigenvalue weighted by molar-refractivity contribution is 5.87. The molecule has 19 heavy (non-hydrogen) atoms. The molecule has 1 aromatic carbocycles. The summed E-state index contributed by atoms with van der Waals surface area (Å²) >= 11 is 0. The van der Waals surface area contributed by atoms with Crippen molar-refractivity contribution >= 4 is 11.6 Å². The Kier molecular flexibility index (Phi) is 5.83. The van der Waals surface area contributed by atoms with Gasteiger partial charge < -0.3 is 16.2 Å². The van der Waals surface area contributed by atoms with Crippen molar-refractivity contribution in [2.45, 2.75) is 38.5 Å². The first kappa shape index (κ1) is 15.5. The molecule has 0 saturated heterocycles. The van der Waals surface area contributed by atoms with Gasteiger partial charge in [0, 0.05) is 18.8 Å². The maximum absolute atomic E-state index is 12.2. The molecule has 1 amide bonds. The number of unbranched alkanes of at least 4 members (excludes halogenated alkanes) is 2. The molecular weight excluding hydrogens is 240 g/mol. The predicted molar refractivity (Wildman–Crippen MR) is 77.8 cm³/mol. The quantitative estimate of drug-likeness (QED) is 0.519. The number of aliphatic hydroxyl groups is 1. The second kappa shape index (κ2) is 7.14. The summed E-state index contributed by atoms with van der Waals surface area (Å²) in [6.07, 6.45) is 2.61. The number of carbonyl (C=O) groups is 1. The van der Waals surface area contributed by atoms with Crippen LogP contribution in [0.4, 0.5) is 5.69 Å². The molecule has 0 saturated carbocycles. The molecule has 0 heterocycles. The van der Waals surface area contributed by atoms with Gasteiger partial charge in [0.2, 0.25) is 5.91 Å². The van der Waals surface area contributed by atoms with Gasteiger partial charge in [0.15, 0.2) is 0 Å². The van der Waals surface area contributed by atoms with E-state index in [-0.39, 0.29) is 12.5 Å². The van der Waals surface area contributed by atoms with Crippen molar-refractivity contribution < 1.29 is 9.90 Å². The van der Waals surface area contributed by atoms with E-state index in [0.29, 0.717) is 12.2 Å². The van der Waals surface area contributed by atoms with E-state index in [2.05, 4.69) is 5.32 Å². The molecule has 4 nitrogen and oxygen atoms in total. The highest BCUT2D eigenvalue weighted by Gasteiger charge is 2.29. The topological polar surface area (TPSA) is 75.3 Å². The van der Waals surface area contributed by atoms with Gasteiger partial charge in [0.25, 0.3) is 0 Å². The fourth-order valence-corrected chi connectivity index (χ4v) is 1.87. The monoisotopic (exact) mass is 264 g/mol. The van der Waals surface area contributed by atoms with E-state index in [1.54, 1.807) is 0 Å². The molecule has 106 valence electrons. The fraction of sp³-hybridized carbons (Fsp3) is 0.533. The van der Waals surface area contributed by atoms with Crippen molar-refractivity contribution in [2.75, 3.05) is 18.9 Å². The number of nitrogen functional groups attached to an aromatic ring is 1. The predicted octanol–water partition coefficient (Wildman–Crippen LogP) is 1.83. The lowest BCUT2D eigenvalue weighted by molar-refractivity contribution is -0.125. The number of amides is 1. The molecule has 0 atom stereocenters. The van der Waals surface area contributed by atoms with Crippen LogP contribution in [0.15, 0.2) is 24.3 Å². The van der Waals surface area contributed by atoms with Crippen LogP contribution in [0.5, 0.6) is 0 Å². The lowest BCUT2D eigenvalue weighted by Crippen LogP contribution is -2.40. The van der Waals surface area contributed by atoms with Crippen LogP contribution >= 0.6 is 0 Å². The summed E-state index contributed by atoms with van der Waals surface area (Å²) in [5.74, 6) is 0.0151. The first-order valence-electron chi connectivity index (χ1n) is 6.73. The molecule has 0 fully saturated rings. The minimum atomic E-state index is -0.565. The van der Waals surface area contributed by atoms with Crippen molar-refractivity contribution in [1.82, 2.24) is 5.32 Å². The van der Waals surface area contributed by atoms with Gasteiger partial charge in [-0.2, -0.15) is 0 Å². The lowest BCUT2D eigenvalue weighted by atomic mass is 9.83. The largest absolute Gasteiger partial charge is 0.399 e. The molecule has 0 aromatic heterocycles. The lowest BCUT2D eigenvalue weighted by Gasteiger charge is -2.24. The highest BCUT2D eigenvalue weighted by atomic mass is 16.2. The number of rotatable bonds is 7. The van der Waals surface area contributed by atoms with E-state index in [1.807, 2.05) is 38.1 Å². The van der Waals surface area contributed by atoms with Crippen LogP contribution in [-0.4, -0.2) is 24.2 Å².